The molecule has 4 heterocycles. The molecule has 0 bridgehead atoms. The van der Waals surface area contributed by atoms with Gasteiger partial charge in [-0.15, -0.1) is 22.7 Å². The lowest BCUT2D eigenvalue weighted by atomic mass is 10.1. The summed E-state index contributed by atoms with van der Waals surface area (Å²) >= 11 is 2.31. The number of benzene rings is 2. The Labute approximate surface area is 219 Å². The molecule has 2 N–H and O–H groups in total. The summed E-state index contributed by atoms with van der Waals surface area (Å²) in [6.45, 7) is 0. The van der Waals surface area contributed by atoms with Gasteiger partial charge in [0.2, 0.25) is 0 Å². The van der Waals surface area contributed by atoms with Gasteiger partial charge in [-0.2, -0.15) is 13.2 Å². The molecule has 0 saturated carbocycles. The molecule has 12 heteroatoms. The predicted octanol–water partition coefficient (Wildman–Crippen LogP) is 6.67. The number of allylic oxidation sites excluding steroid dienone is 2. The second kappa shape index (κ2) is 8.85. The van der Waals surface area contributed by atoms with E-state index in [9.17, 15) is 32.0 Å². The molecule has 0 radical (unpaired) electrons. The minimum Gasteiger partial charge on any atom is -0.508 e. The largest absolute Gasteiger partial charge is 0.678 e. The summed E-state index contributed by atoms with van der Waals surface area (Å²) in [6, 6.07) is 16.7. The van der Waals surface area contributed by atoms with Crippen LogP contribution in [0.25, 0.3) is 42.7 Å². The zero-order valence-corrected chi connectivity index (χ0v) is 20.6. The van der Waals surface area contributed by atoms with E-state index >= 15 is 0 Å². The average Bonchev–Trinajstić information content (AvgIpc) is 3.58. The van der Waals surface area contributed by atoms with Crippen molar-refractivity contribution in [2.45, 2.75) is 6.18 Å². The maximum absolute atomic E-state index is 14.4. The number of hydrogen-bond donors (Lipinski definition) is 2. The molecule has 0 saturated heterocycles. The summed E-state index contributed by atoms with van der Waals surface area (Å²) in [5.41, 5.74) is -0.927. The van der Waals surface area contributed by atoms with Crippen molar-refractivity contribution in [1.29, 1.82) is 0 Å². The number of thiophene rings is 2. The van der Waals surface area contributed by atoms with Gasteiger partial charge in [-0.05, 0) is 83.9 Å². The Morgan fingerprint density at radius 1 is 0.816 bits per heavy atom. The lowest BCUT2D eigenvalue weighted by Gasteiger charge is -2.15. The number of nitrogens with zero attached hydrogens (tertiary/aromatic N) is 2. The summed E-state index contributed by atoms with van der Waals surface area (Å²) in [4.78, 5) is 5.51. The van der Waals surface area contributed by atoms with Crippen molar-refractivity contribution in [1.82, 2.24) is 4.48 Å². The fourth-order valence-electron chi connectivity index (χ4n) is 4.37. The Bertz CT molecular complexity index is 1820. The maximum atomic E-state index is 14.4. The van der Waals surface area contributed by atoms with E-state index in [2.05, 4.69) is 4.99 Å². The molecule has 38 heavy (non-hydrogen) atoms. The molecule has 2 aromatic carbocycles. The molecular weight excluding hydrogens is 542 g/mol. The smallest absolute Gasteiger partial charge is 0.508 e. The Balaban J connectivity index is 1.49. The van der Waals surface area contributed by atoms with Gasteiger partial charge < -0.3 is 14.7 Å². The topological polar surface area (TPSA) is 57.8 Å². The van der Waals surface area contributed by atoms with Crippen LogP contribution in [0.3, 0.4) is 0 Å². The van der Waals surface area contributed by atoms with Crippen molar-refractivity contribution in [3.63, 3.8) is 0 Å². The molecule has 0 amide bonds. The predicted molar refractivity (Wildman–Crippen MR) is 140 cm³/mol. The van der Waals surface area contributed by atoms with E-state index in [-0.39, 0.29) is 21.7 Å². The third-order valence-electron chi connectivity index (χ3n) is 6.07. The minimum atomic E-state index is -4.95. The fourth-order valence-corrected chi connectivity index (χ4v) is 6.51. The molecule has 0 atom stereocenters. The van der Waals surface area contributed by atoms with Gasteiger partial charge in [0.05, 0.1) is 25.8 Å². The number of alkyl halides is 3. The Hall–Kier alpha value is -3.90. The van der Waals surface area contributed by atoms with Gasteiger partial charge in [0.15, 0.2) is 0 Å². The highest BCUT2D eigenvalue weighted by Gasteiger charge is 2.42. The van der Waals surface area contributed by atoms with Crippen molar-refractivity contribution in [2.24, 2.45) is 4.99 Å². The van der Waals surface area contributed by atoms with Crippen LogP contribution in [0.15, 0.2) is 77.4 Å². The first-order chi connectivity index (χ1) is 18.1. The number of aromatic hydroxyl groups is 2. The maximum Gasteiger partial charge on any atom is 0.678 e. The molecule has 4 nitrogen and oxygen atoms in total. The van der Waals surface area contributed by atoms with E-state index in [0.29, 0.717) is 24.8 Å². The molecule has 0 spiro atoms. The molecule has 5 aromatic rings. The van der Waals surface area contributed by atoms with Gasteiger partial charge >= 0.3 is 13.6 Å². The number of phenolic OH excluding ortho intramolecular Hbond substituents is 2. The Morgan fingerprint density at radius 3 is 1.92 bits per heavy atom. The van der Waals surface area contributed by atoms with Gasteiger partial charge in [-0.1, -0.05) is 0 Å². The molecule has 3 aromatic heterocycles. The van der Waals surface area contributed by atoms with E-state index in [4.69, 9.17) is 0 Å². The van der Waals surface area contributed by atoms with E-state index in [1.165, 1.54) is 47.7 Å². The number of hydrogen-bond acceptors (Lipinski definition) is 5. The first-order valence-electron chi connectivity index (χ1n) is 11.1. The molecular formula is C26H14BF5N2O2S2. The highest BCUT2D eigenvalue weighted by Crippen LogP contribution is 2.43. The minimum absolute atomic E-state index is 0.0205. The first-order valence-corrected chi connectivity index (χ1v) is 12.8. The molecule has 0 unspecified atom stereocenters. The molecule has 1 aliphatic heterocycles. The number of aromatic nitrogens is 1. The SMILES string of the molecule is Oc1ccc(-c2cc3c(s2)=C/C(=C(/c2cc4sc(-c5ccc(O)cc5)cc4n2B(F)F)C(F)(F)F)N=3)cc1. The van der Waals surface area contributed by atoms with E-state index in [0.717, 1.165) is 27.8 Å². The number of rotatable bonds is 4. The van der Waals surface area contributed by atoms with Gasteiger partial charge in [-0.25, -0.2) is 4.99 Å². The first kappa shape index (κ1) is 24.4. The fraction of sp³-hybridized carbons (Fsp3) is 0.0385. The van der Waals surface area contributed by atoms with Gasteiger partial charge in [0.1, 0.15) is 17.1 Å². The van der Waals surface area contributed by atoms with Crippen LogP contribution < -0.4 is 9.89 Å². The van der Waals surface area contributed by atoms with Crippen LogP contribution in [0.1, 0.15) is 5.69 Å². The Kier molecular flexibility index (Phi) is 5.69. The van der Waals surface area contributed by atoms with Crippen LogP contribution in [0, 0.1) is 0 Å². The summed E-state index contributed by atoms with van der Waals surface area (Å²) < 4.78 is 72.8. The number of phenols is 2. The lowest BCUT2D eigenvalue weighted by molar-refractivity contribution is -0.0695. The van der Waals surface area contributed by atoms with Crippen LogP contribution in [0.4, 0.5) is 21.8 Å². The molecule has 1 aliphatic rings. The van der Waals surface area contributed by atoms with E-state index in [1.807, 2.05) is 0 Å². The molecule has 0 aliphatic carbocycles. The van der Waals surface area contributed by atoms with Crippen LogP contribution in [0.2, 0.25) is 0 Å². The normalized spacial score (nSPS) is 14.3. The standard InChI is InChI=1S/C26H14BF5N2O2S2/c28-26(29,30)25(18-10-23-17(33-18)9-21(37-23)13-1-5-15(35)6-2-13)20-12-24-19(34(20)27(31)32)11-22(38-24)14-3-7-16(36)8-4-14/h1-12,35-36H/b25-18+. The van der Waals surface area contributed by atoms with Crippen LogP contribution in [0.5, 0.6) is 11.5 Å². The van der Waals surface area contributed by atoms with Crippen LogP contribution in [-0.2, 0) is 0 Å². The van der Waals surface area contributed by atoms with Crippen molar-refractivity contribution in [3.8, 4) is 32.4 Å². The zero-order valence-electron chi connectivity index (χ0n) is 19.0. The van der Waals surface area contributed by atoms with Crippen molar-refractivity contribution < 1.29 is 32.0 Å². The summed E-state index contributed by atoms with van der Waals surface area (Å²) in [5, 5.41) is 19.3. The van der Waals surface area contributed by atoms with E-state index in [1.54, 1.807) is 30.3 Å². The highest BCUT2D eigenvalue weighted by atomic mass is 32.1. The van der Waals surface area contributed by atoms with Crippen molar-refractivity contribution in [3.05, 3.63) is 88.0 Å². The third kappa shape index (κ3) is 4.19. The lowest BCUT2D eigenvalue weighted by Crippen LogP contribution is -2.21. The highest BCUT2D eigenvalue weighted by molar-refractivity contribution is 7.22. The average molecular weight is 556 g/mol. The van der Waals surface area contributed by atoms with Gasteiger partial charge in [0, 0.05) is 15.4 Å². The van der Waals surface area contributed by atoms with Crippen LogP contribution in [-0.4, -0.2) is 28.3 Å². The summed E-state index contributed by atoms with van der Waals surface area (Å²) in [7, 11) is -3.22. The summed E-state index contributed by atoms with van der Waals surface area (Å²) in [5.74, 6) is 0.127. The number of fused-ring (bicyclic) bond motifs is 2. The number of halogens is 5. The van der Waals surface area contributed by atoms with Gasteiger partial charge in [0.25, 0.3) is 0 Å². The van der Waals surface area contributed by atoms with Gasteiger partial charge in [-0.3, -0.25) is 8.63 Å². The quantitative estimate of drug-likeness (QED) is 0.192. The van der Waals surface area contributed by atoms with Crippen molar-refractivity contribution >= 4 is 51.9 Å². The second-order valence-electron chi connectivity index (χ2n) is 8.51. The second-order valence-corrected chi connectivity index (χ2v) is 10.7. The summed E-state index contributed by atoms with van der Waals surface area (Å²) in [6.07, 6.45) is -3.68. The third-order valence-corrected chi connectivity index (χ3v) is 8.31. The molecule has 190 valence electrons. The molecule has 0 fully saturated rings. The molecule has 6 rings (SSSR count). The Morgan fingerprint density at radius 2 is 1.39 bits per heavy atom. The van der Waals surface area contributed by atoms with Crippen LogP contribution >= 0.6 is 22.7 Å². The monoisotopic (exact) mass is 556 g/mol. The van der Waals surface area contributed by atoms with Crippen molar-refractivity contribution in [2.75, 3.05) is 0 Å². The van der Waals surface area contributed by atoms with E-state index < -0.39 is 30.5 Å². The zero-order chi connectivity index (χ0) is 26.8.